The summed E-state index contributed by atoms with van der Waals surface area (Å²) >= 11 is 0. The van der Waals surface area contributed by atoms with Gasteiger partial charge in [-0.05, 0) is 24.6 Å². The summed E-state index contributed by atoms with van der Waals surface area (Å²) in [5, 5.41) is 0.710. The fraction of sp³-hybridized carbons (Fsp3) is 0.217. The monoisotopic (exact) mass is 406 g/mol. The van der Waals surface area contributed by atoms with Crippen LogP contribution in [-0.4, -0.2) is 30.9 Å². The number of aryl methyl sites for hydroxylation is 2. The van der Waals surface area contributed by atoms with Gasteiger partial charge in [-0.3, -0.25) is 4.57 Å². The molecule has 0 N–H and O–H groups in total. The van der Waals surface area contributed by atoms with E-state index in [0.29, 0.717) is 34.1 Å². The molecule has 0 amide bonds. The van der Waals surface area contributed by atoms with Crippen LogP contribution in [0.25, 0.3) is 33.6 Å². The SMILES string of the molecule is COc1cc(-c2c(-c3ccc(C)cc3)oc3c2cnc(=O)n3C)cc(OC)c1OC. The summed E-state index contributed by atoms with van der Waals surface area (Å²) in [5.74, 6) is 2.17. The predicted molar refractivity (Wildman–Crippen MR) is 115 cm³/mol. The molecule has 7 nitrogen and oxygen atoms in total. The Kier molecular flexibility index (Phi) is 4.95. The number of nitrogens with zero attached hydrogens (tertiary/aromatic N) is 2. The molecule has 0 aliphatic heterocycles. The molecular weight excluding hydrogens is 384 g/mol. The van der Waals surface area contributed by atoms with Crippen molar-refractivity contribution in [2.75, 3.05) is 21.3 Å². The van der Waals surface area contributed by atoms with Crippen molar-refractivity contribution in [1.29, 1.82) is 0 Å². The number of benzene rings is 2. The quantitative estimate of drug-likeness (QED) is 0.495. The maximum absolute atomic E-state index is 12.1. The molecule has 0 bridgehead atoms. The molecule has 0 spiro atoms. The topological polar surface area (TPSA) is 75.7 Å². The number of rotatable bonds is 5. The van der Waals surface area contributed by atoms with Crippen molar-refractivity contribution in [2.45, 2.75) is 6.92 Å². The Morgan fingerprint density at radius 3 is 2.13 bits per heavy atom. The Morgan fingerprint density at radius 2 is 1.57 bits per heavy atom. The van der Waals surface area contributed by atoms with E-state index in [4.69, 9.17) is 18.6 Å². The van der Waals surface area contributed by atoms with Gasteiger partial charge in [0.2, 0.25) is 11.5 Å². The number of hydrogen-bond donors (Lipinski definition) is 0. The lowest BCUT2D eigenvalue weighted by Crippen LogP contribution is -2.18. The molecule has 2 heterocycles. The lowest BCUT2D eigenvalue weighted by molar-refractivity contribution is 0.324. The molecule has 0 saturated heterocycles. The highest BCUT2D eigenvalue weighted by Gasteiger charge is 2.23. The molecule has 0 aliphatic carbocycles. The van der Waals surface area contributed by atoms with E-state index in [0.717, 1.165) is 22.3 Å². The van der Waals surface area contributed by atoms with E-state index in [1.54, 1.807) is 28.4 Å². The molecule has 0 fully saturated rings. The molecule has 0 aliphatic rings. The Balaban J connectivity index is 2.09. The van der Waals surface area contributed by atoms with E-state index in [1.165, 1.54) is 10.8 Å². The lowest BCUT2D eigenvalue weighted by Gasteiger charge is -2.14. The van der Waals surface area contributed by atoms with Crippen LogP contribution >= 0.6 is 0 Å². The van der Waals surface area contributed by atoms with Gasteiger partial charge in [0.05, 0.1) is 26.7 Å². The second-order valence-electron chi connectivity index (χ2n) is 6.90. The number of ether oxygens (including phenoxy) is 3. The third-order valence-corrected chi connectivity index (χ3v) is 5.09. The highest BCUT2D eigenvalue weighted by molar-refractivity contribution is 6.00. The van der Waals surface area contributed by atoms with Crippen LogP contribution in [0, 0.1) is 6.92 Å². The highest BCUT2D eigenvalue weighted by Crippen LogP contribution is 2.46. The number of methoxy groups -OCH3 is 3. The Morgan fingerprint density at radius 1 is 0.933 bits per heavy atom. The summed E-state index contributed by atoms with van der Waals surface area (Å²) in [6.07, 6.45) is 1.54. The fourth-order valence-corrected chi connectivity index (χ4v) is 3.51. The molecule has 154 valence electrons. The molecule has 0 radical (unpaired) electrons. The molecule has 7 heteroatoms. The first-order valence-electron chi connectivity index (χ1n) is 9.34. The predicted octanol–water partition coefficient (Wildman–Crippen LogP) is 4.19. The lowest BCUT2D eigenvalue weighted by atomic mass is 9.98. The van der Waals surface area contributed by atoms with Crippen LogP contribution in [0.15, 0.2) is 51.8 Å². The Bertz CT molecular complexity index is 1260. The van der Waals surface area contributed by atoms with Gasteiger partial charge in [-0.1, -0.05) is 29.8 Å². The van der Waals surface area contributed by atoms with Gasteiger partial charge in [-0.25, -0.2) is 9.78 Å². The largest absolute Gasteiger partial charge is 0.493 e. The van der Waals surface area contributed by atoms with Gasteiger partial charge in [-0.15, -0.1) is 0 Å². The van der Waals surface area contributed by atoms with E-state index in [9.17, 15) is 4.79 Å². The third-order valence-electron chi connectivity index (χ3n) is 5.09. The molecule has 4 rings (SSSR count). The number of hydrogen-bond acceptors (Lipinski definition) is 6. The Labute approximate surface area is 173 Å². The number of aromatic nitrogens is 2. The smallest absolute Gasteiger partial charge is 0.350 e. The molecule has 30 heavy (non-hydrogen) atoms. The minimum atomic E-state index is -0.386. The van der Waals surface area contributed by atoms with Crippen molar-refractivity contribution >= 4 is 11.1 Å². The molecule has 2 aromatic heterocycles. The van der Waals surface area contributed by atoms with Crippen LogP contribution in [0.3, 0.4) is 0 Å². The van der Waals surface area contributed by atoms with Crippen molar-refractivity contribution in [3.8, 4) is 39.7 Å². The summed E-state index contributed by atoms with van der Waals surface area (Å²) in [6.45, 7) is 2.02. The summed E-state index contributed by atoms with van der Waals surface area (Å²) in [6, 6.07) is 11.7. The van der Waals surface area contributed by atoms with E-state index in [2.05, 4.69) is 4.98 Å². The van der Waals surface area contributed by atoms with Gasteiger partial charge in [0.15, 0.2) is 11.5 Å². The normalized spacial score (nSPS) is 11.0. The molecule has 0 atom stereocenters. The third kappa shape index (κ3) is 3.08. The zero-order chi connectivity index (χ0) is 21.4. The standard InChI is InChI=1S/C23H22N2O5/c1-13-6-8-14(9-7-13)20-19(16-12-24-23(26)25(2)22(16)30-20)15-10-17(27-3)21(29-5)18(11-15)28-4/h6-12H,1-5H3. The first kappa shape index (κ1) is 19.6. The first-order valence-corrected chi connectivity index (χ1v) is 9.34. The second-order valence-corrected chi connectivity index (χ2v) is 6.90. The molecule has 0 saturated carbocycles. The minimum absolute atomic E-state index is 0.386. The van der Waals surface area contributed by atoms with Gasteiger partial charge in [0.25, 0.3) is 0 Å². The maximum atomic E-state index is 12.1. The van der Waals surface area contributed by atoms with E-state index >= 15 is 0 Å². The van der Waals surface area contributed by atoms with Crippen LogP contribution in [0.2, 0.25) is 0 Å². The summed E-state index contributed by atoms with van der Waals surface area (Å²) < 4.78 is 24.1. The Hall–Kier alpha value is -3.74. The maximum Gasteiger partial charge on any atom is 0.350 e. The average molecular weight is 406 g/mol. The van der Waals surface area contributed by atoms with Crippen LogP contribution in [0.1, 0.15) is 5.56 Å². The van der Waals surface area contributed by atoms with Crippen LogP contribution < -0.4 is 19.9 Å². The number of fused-ring (bicyclic) bond motifs is 1. The van der Waals surface area contributed by atoms with Gasteiger partial charge in [0.1, 0.15) is 5.76 Å². The van der Waals surface area contributed by atoms with Crippen molar-refractivity contribution in [1.82, 2.24) is 9.55 Å². The van der Waals surface area contributed by atoms with E-state index < -0.39 is 0 Å². The summed E-state index contributed by atoms with van der Waals surface area (Å²) in [4.78, 5) is 16.1. The highest BCUT2D eigenvalue weighted by atomic mass is 16.5. The molecule has 0 unspecified atom stereocenters. The first-order chi connectivity index (χ1) is 14.5. The zero-order valence-corrected chi connectivity index (χ0v) is 17.5. The van der Waals surface area contributed by atoms with Crippen LogP contribution in [-0.2, 0) is 7.05 Å². The van der Waals surface area contributed by atoms with Gasteiger partial charge in [-0.2, -0.15) is 0 Å². The van der Waals surface area contributed by atoms with E-state index in [-0.39, 0.29) is 5.69 Å². The fourth-order valence-electron chi connectivity index (χ4n) is 3.51. The van der Waals surface area contributed by atoms with Gasteiger partial charge in [0, 0.05) is 24.4 Å². The van der Waals surface area contributed by atoms with Crippen LogP contribution in [0.4, 0.5) is 0 Å². The average Bonchev–Trinajstić information content (AvgIpc) is 3.16. The number of furan rings is 1. The van der Waals surface area contributed by atoms with Crippen molar-refractivity contribution in [3.63, 3.8) is 0 Å². The molecule has 2 aromatic carbocycles. The summed E-state index contributed by atoms with van der Waals surface area (Å²) in [7, 11) is 6.34. The molecule has 4 aromatic rings. The van der Waals surface area contributed by atoms with Crippen molar-refractivity contribution in [3.05, 3.63) is 58.6 Å². The minimum Gasteiger partial charge on any atom is -0.493 e. The second kappa shape index (κ2) is 7.59. The molecular formula is C23H22N2O5. The van der Waals surface area contributed by atoms with Crippen LogP contribution in [0.5, 0.6) is 17.2 Å². The summed E-state index contributed by atoms with van der Waals surface area (Å²) in [5.41, 5.74) is 3.65. The van der Waals surface area contributed by atoms with E-state index in [1.807, 2.05) is 43.3 Å². The van der Waals surface area contributed by atoms with Crippen molar-refractivity contribution < 1.29 is 18.6 Å². The van der Waals surface area contributed by atoms with Gasteiger partial charge < -0.3 is 18.6 Å². The van der Waals surface area contributed by atoms with Crippen molar-refractivity contribution in [2.24, 2.45) is 7.05 Å². The zero-order valence-electron chi connectivity index (χ0n) is 17.5. The van der Waals surface area contributed by atoms with Gasteiger partial charge >= 0.3 is 5.69 Å².